The van der Waals surface area contributed by atoms with Gasteiger partial charge in [-0.05, 0) is 30.5 Å². The molecular weight excluding hydrogens is 302 g/mol. The maximum atomic E-state index is 12.8. The average molecular weight is 314 g/mol. The van der Waals surface area contributed by atoms with Crippen LogP contribution in [0.4, 0.5) is 17.6 Å². The maximum absolute atomic E-state index is 12.8. The first-order valence-corrected chi connectivity index (χ1v) is 5.86. The van der Waals surface area contributed by atoms with Crippen LogP contribution in [0.1, 0.15) is 30.9 Å². The summed E-state index contributed by atoms with van der Waals surface area (Å²) in [5, 5.41) is 0. The van der Waals surface area contributed by atoms with Gasteiger partial charge in [-0.25, -0.2) is 4.39 Å². The summed E-state index contributed by atoms with van der Waals surface area (Å²) in [5.41, 5.74) is 6.37. The van der Waals surface area contributed by atoms with Gasteiger partial charge in [0.1, 0.15) is 5.82 Å². The monoisotopic (exact) mass is 313 g/mol. The Kier molecular flexibility index (Phi) is 4.94. The lowest BCUT2D eigenvalue weighted by Crippen LogP contribution is -2.13. The van der Waals surface area contributed by atoms with Crippen molar-refractivity contribution in [1.29, 1.82) is 0 Å². The maximum Gasteiger partial charge on any atom is 0.389 e. The molecule has 0 aromatic heterocycles. The number of hydrogen-bond acceptors (Lipinski definition) is 1. The molecule has 0 aliphatic carbocycles. The van der Waals surface area contributed by atoms with Crippen LogP contribution in [0.3, 0.4) is 0 Å². The normalized spacial score (nSPS) is 13.8. The van der Waals surface area contributed by atoms with Gasteiger partial charge < -0.3 is 5.73 Å². The van der Waals surface area contributed by atoms with Crippen LogP contribution in [0.15, 0.2) is 22.7 Å². The van der Waals surface area contributed by atoms with E-state index < -0.39 is 24.5 Å². The van der Waals surface area contributed by atoms with Gasteiger partial charge in [0.05, 0.1) is 0 Å². The Balaban J connectivity index is 2.55. The lowest BCUT2D eigenvalue weighted by atomic mass is 10.0. The topological polar surface area (TPSA) is 26.0 Å². The van der Waals surface area contributed by atoms with Gasteiger partial charge in [-0.15, -0.1) is 0 Å². The number of alkyl halides is 3. The van der Waals surface area contributed by atoms with Crippen LogP contribution in [0.25, 0.3) is 0 Å². The first-order valence-electron chi connectivity index (χ1n) is 5.07. The molecule has 0 spiro atoms. The molecule has 0 bridgehead atoms. The van der Waals surface area contributed by atoms with Gasteiger partial charge in [-0.2, -0.15) is 13.2 Å². The lowest BCUT2D eigenvalue weighted by molar-refractivity contribution is -0.135. The van der Waals surface area contributed by atoms with Crippen LogP contribution in [-0.2, 0) is 0 Å². The fourth-order valence-corrected chi connectivity index (χ4v) is 2.13. The number of rotatable bonds is 4. The molecule has 96 valence electrons. The molecule has 0 heterocycles. The lowest BCUT2D eigenvalue weighted by Gasteiger charge is -2.14. The fourth-order valence-electron chi connectivity index (χ4n) is 1.48. The van der Waals surface area contributed by atoms with Crippen molar-refractivity contribution in [3.63, 3.8) is 0 Å². The zero-order valence-corrected chi connectivity index (χ0v) is 10.5. The van der Waals surface area contributed by atoms with Gasteiger partial charge in [-0.3, -0.25) is 0 Å². The molecule has 0 saturated carbocycles. The molecule has 1 nitrogen and oxygen atoms in total. The molecule has 6 heteroatoms. The molecule has 0 fully saturated rings. The highest BCUT2D eigenvalue weighted by molar-refractivity contribution is 9.10. The molecule has 1 atom stereocenters. The molecule has 0 saturated heterocycles. The standard InChI is InChI=1S/C11H12BrF4N/c12-9-6-7(13)3-4-8(9)10(17)2-1-5-11(14,15)16/h3-4,6,10H,1-2,5,17H2. The van der Waals surface area contributed by atoms with E-state index in [9.17, 15) is 17.6 Å². The number of benzene rings is 1. The molecule has 1 aromatic rings. The molecule has 0 radical (unpaired) electrons. The van der Waals surface area contributed by atoms with Gasteiger partial charge in [-0.1, -0.05) is 22.0 Å². The van der Waals surface area contributed by atoms with Crippen LogP contribution in [0.5, 0.6) is 0 Å². The van der Waals surface area contributed by atoms with Gasteiger partial charge in [0, 0.05) is 16.9 Å². The van der Waals surface area contributed by atoms with E-state index in [2.05, 4.69) is 15.9 Å². The van der Waals surface area contributed by atoms with Crippen molar-refractivity contribution < 1.29 is 17.6 Å². The average Bonchev–Trinajstić information content (AvgIpc) is 2.15. The molecule has 1 aromatic carbocycles. The van der Waals surface area contributed by atoms with Crippen molar-refractivity contribution in [2.75, 3.05) is 0 Å². The van der Waals surface area contributed by atoms with E-state index in [-0.39, 0.29) is 12.8 Å². The summed E-state index contributed by atoms with van der Waals surface area (Å²) < 4.78 is 49.1. The zero-order chi connectivity index (χ0) is 13.1. The first-order chi connectivity index (χ1) is 7.79. The minimum absolute atomic E-state index is 0.0333. The van der Waals surface area contributed by atoms with E-state index in [0.717, 1.165) is 0 Å². The molecule has 0 amide bonds. The summed E-state index contributed by atoms with van der Waals surface area (Å²) >= 11 is 3.14. The van der Waals surface area contributed by atoms with E-state index in [0.29, 0.717) is 10.0 Å². The zero-order valence-electron chi connectivity index (χ0n) is 8.90. The number of nitrogens with two attached hydrogens (primary N) is 1. The Bertz CT molecular complexity index is 378. The second-order valence-corrected chi connectivity index (χ2v) is 4.63. The SMILES string of the molecule is NC(CCCC(F)(F)F)c1ccc(F)cc1Br. The van der Waals surface area contributed by atoms with Gasteiger partial charge in [0.25, 0.3) is 0 Å². The molecular formula is C11H12BrF4N. The minimum Gasteiger partial charge on any atom is -0.324 e. The predicted octanol–water partition coefficient (Wildman–Crippen LogP) is 4.32. The third-order valence-electron chi connectivity index (χ3n) is 2.34. The van der Waals surface area contributed by atoms with E-state index in [1.54, 1.807) is 0 Å². The fraction of sp³-hybridized carbons (Fsp3) is 0.455. The summed E-state index contributed by atoms with van der Waals surface area (Å²) in [6.07, 6.45) is -4.82. The van der Waals surface area contributed by atoms with Crippen molar-refractivity contribution in [2.45, 2.75) is 31.5 Å². The number of hydrogen-bond donors (Lipinski definition) is 1. The van der Waals surface area contributed by atoms with Crippen LogP contribution < -0.4 is 5.73 Å². The Morgan fingerprint density at radius 3 is 2.47 bits per heavy atom. The Hall–Kier alpha value is -0.620. The Labute approximate surface area is 105 Å². The highest BCUT2D eigenvalue weighted by Crippen LogP contribution is 2.28. The van der Waals surface area contributed by atoms with Crippen molar-refractivity contribution in [3.05, 3.63) is 34.1 Å². The van der Waals surface area contributed by atoms with Crippen LogP contribution in [0.2, 0.25) is 0 Å². The van der Waals surface area contributed by atoms with Crippen molar-refractivity contribution >= 4 is 15.9 Å². The summed E-state index contributed by atoms with van der Waals surface area (Å²) in [7, 11) is 0. The molecule has 1 unspecified atom stereocenters. The quantitative estimate of drug-likeness (QED) is 0.823. The third kappa shape index (κ3) is 5.04. The Morgan fingerprint density at radius 2 is 1.94 bits per heavy atom. The second kappa shape index (κ2) is 5.82. The van der Waals surface area contributed by atoms with Gasteiger partial charge in [0.2, 0.25) is 0 Å². The summed E-state index contributed by atoms with van der Waals surface area (Å²) in [4.78, 5) is 0. The Morgan fingerprint density at radius 1 is 1.29 bits per heavy atom. The van der Waals surface area contributed by atoms with Crippen molar-refractivity contribution in [3.8, 4) is 0 Å². The van der Waals surface area contributed by atoms with Crippen LogP contribution >= 0.6 is 15.9 Å². The van der Waals surface area contributed by atoms with Crippen molar-refractivity contribution in [2.24, 2.45) is 5.73 Å². The molecule has 1 rings (SSSR count). The van der Waals surface area contributed by atoms with Crippen LogP contribution in [-0.4, -0.2) is 6.18 Å². The van der Waals surface area contributed by atoms with E-state index >= 15 is 0 Å². The third-order valence-corrected chi connectivity index (χ3v) is 3.02. The largest absolute Gasteiger partial charge is 0.389 e. The molecule has 0 aliphatic heterocycles. The smallest absolute Gasteiger partial charge is 0.324 e. The first kappa shape index (κ1) is 14.4. The summed E-state index contributed by atoms with van der Waals surface area (Å²) in [6.45, 7) is 0. The van der Waals surface area contributed by atoms with Gasteiger partial charge in [0.15, 0.2) is 0 Å². The summed E-state index contributed by atoms with van der Waals surface area (Å²) in [5.74, 6) is -0.414. The minimum atomic E-state index is -4.15. The van der Waals surface area contributed by atoms with E-state index in [1.807, 2.05) is 0 Å². The van der Waals surface area contributed by atoms with Crippen LogP contribution in [0, 0.1) is 5.82 Å². The summed E-state index contributed by atoms with van der Waals surface area (Å²) in [6, 6.07) is 3.45. The highest BCUT2D eigenvalue weighted by Gasteiger charge is 2.26. The molecule has 17 heavy (non-hydrogen) atoms. The molecule has 2 N–H and O–H groups in total. The highest BCUT2D eigenvalue weighted by atomic mass is 79.9. The van der Waals surface area contributed by atoms with Crippen molar-refractivity contribution in [1.82, 2.24) is 0 Å². The van der Waals surface area contributed by atoms with E-state index in [1.165, 1.54) is 18.2 Å². The predicted molar refractivity (Wildman–Crippen MR) is 60.9 cm³/mol. The number of halogens is 5. The van der Waals surface area contributed by atoms with Gasteiger partial charge >= 0.3 is 6.18 Å². The second-order valence-electron chi connectivity index (χ2n) is 3.78. The van der Waals surface area contributed by atoms with E-state index in [4.69, 9.17) is 5.73 Å². The molecule has 0 aliphatic rings.